The maximum atomic E-state index is 13.4. The van der Waals surface area contributed by atoms with E-state index < -0.39 is 5.82 Å². The zero-order valence-corrected chi connectivity index (χ0v) is 13.2. The molecule has 0 saturated heterocycles. The molecular formula is C18H20FNOS. The molecule has 22 heavy (non-hydrogen) atoms. The Morgan fingerprint density at radius 2 is 1.73 bits per heavy atom. The average molecular weight is 317 g/mol. The van der Waals surface area contributed by atoms with Crippen LogP contribution in [0.3, 0.4) is 0 Å². The Morgan fingerprint density at radius 3 is 2.50 bits per heavy atom. The fraction of sp³-hybridized carbons (Fsp3) is 0.278. The van der Waals surface area contributed by atoms with Gasteiger partial charge in [-0.25, -0.2) is 4.39 Å². The van der Waals surface area contributed by atoms with Gasteiger partial charge in [-0.2, -0.15) is 11.8 Å². The Hall–Kier alpha value is -1.81. The fourth-order valence-electron chi connectivity index (χ4n) is 2.07. The molecule has 0 aromatic heterocycles. The second-order valence-electron chi connectivity index (χ2n) is 4.98. The molecule has 0 aliphatic heterocycles. The predicted octanol–water partition coefficient (Wildman–Crippen LogP) is 4.52. The van der Waals surface area contributed by atoms with E-state index in [1.54, 1.807) is 30.0 Å². The number of thioether (sulfide) groups is 1. The fourth-order valence-corrected chi connectivity index (χ4v) is 2.95. The Balaban J connectivity index is 1.57. The van der Waals surface area contributed by atoms with Crippen LogP contribution in [0.4, 0.5) is 10.1 Å². The highest BCUT2D eigenvalue weighted by atomic mass is 32.2. The number of carbonyl (C=O) groups is 1. The minimum Gasteiger partial charge on any atom is -0.324 e. The minimum atomic E-state index is -0.397. The van der Waals surface area contributed by atoms with E-state index in [0.717, 1.165) is 24.3 Å². The summed E-state index contributed by atoms with van der Waals surface area (Å²) >= 11 is 1.76. The topological polar surface area (TPSA) is 29.1 Å². The number of benzene rings is 2. The molecule has 0 aliphatic carbocycles. The van der Waals surface area contributed by atoms with Crippen LogP contribution in [0.5, 0.6) is 0 Å². The lowest BCUT2D eigenvalue weighted by atomic mass is 10.1. The van der Waals surface area contributed by atoms with E-state index in [1.807, 2.05) is 6.07 Å². The number of hydrogen-bond acceptors (Lipinski definition) is 2. The molecule has 2 rings (SSSR count). The van der Waals surface area contributed by atoms with Gasteiger partial charge in [-0.3, -0.25) is 4.79 Å². The van der Waals surface area contributed by atoms with E-state index >= 15 is 0 Å². The van der Waals surface area contributed by atoms with Crippen molar-refractivity contribution in [1.29, 1.82) is 0 Å². The lowest BCUT2D eigenvalue weighted by Crippen LogP contribution is -2.13. The third-order valence-corrected chi connectivity index (χ3v) is 4.29. The molecule has 4 heteroatoms. The van der Waals surface area contributed by atoms with Crippen LogP contribution in [0.15, 0.2) is 54.6 Å². The molecule has 0 spiro atoms. The van der Waals surface area contributed by atoms with E-state index in [-0.39, 0.29) is 11.6 Å². The van der Waals surface area contributed by atoms with Gasteiger partial charge in [0.25, 0.3) is 0 Å². The van der Waals surface area contributed by atoms with Crippen LogP contribution in [0.2, 0.25) is 0 Å². The van der Waals surface area contributed by atoms with Crippen LogP contribution < -0.4 is 5.32 Å². The van der Waals surface area contributed by atoms with Gasteiger partial charge in [0.05, 0.1) is 5.69 Å². The Kier molecular flexibility index (Phi) is 6.97. The SMILES string of the molecule is O=C(CCSCCCc1ccccc1)Nc1ccccc1F. The monoisotopic (exact) mass is 317 g/mol. The Labute approximate surface area is 135 Å². The summed E-state index contributed by atoms with van der Waals surface area (Å²) < 4.78 is 13.4. The average Bonchev–Trinajstić information content (AvgIpc) is 2.54. The molecule has 0 radical (unpaired) electrons. The summed E-state index contributed by atoms with van der Waals surface area (Å²) in [5.41, 5.74) is 1.60. The van der Waals surface area contributed by atoms with Crippen molar-refractivity contribution in [3.8, 4) is 0 Å². The highest BCUT2D eigenvalue weighted by Crippen LogP contribution is 2.14. The standard InChI is InChI=1S/C18H20FNOS/c19-16-10-4-5-11-17(16)20-18(21)12-14-22-13-6-9-15-7-2-1-3-8-15/h1-5,7-8,10-11H,6,9,12-14H2,(H,20,21). The van der Waals surface area contributed by atoms with Crippen LogP contribution in [0.25, 0.3) is 0 Å². The molecule has 2 aromatic carbocycles. The maximum absolute atomic E-state index is 13.4. The first-order chi connectivity index (χ1) is 10.8. The maximum Gasteiger partial charge on any atom is 0.225 e. The molecule has 116 valence electrons. The van der Waals surface area contributed by atoms with E-state index in [2.05, 4.69) is 29.6 Å². The van der Waals surface area contributed by atoms with Gasteiger partial charge in [-0.05, 0) is 36.3 Å². The number of halogens is 1. The number of aryl methyl sites for hydroxylation is 1. The van der Waals surface area contributed by atoms with Crippen molar-refractivity contribution in [1.82, 2.24) is 0 Å². The zero-order chi connectivity index (χ0) is 15.6. The molecule has 1 amide bonds. The van der Waals surface area contributed by atoms with E-state index in [0.29, 0.717) is 6.42 Å². The lowest BCUT2D eigenvalue weighted by Gasteiger charge is -2.06. The number of nitrogens with one attached hydrogen (secondary N) is 1. The van der Waals surface area contributed by atoms with Gasteiger partial charge in [0.2, 0.25) is 5.91 Å². The largest absolute Gasteiger partial charge is 0.324 e. The molecule has 0 bridgehead atoms. The highest BCUT2D eigenvalue weighted by molar-refractivity contribution is 7.99. The van der Waals surface area contributed by atoms with Gasteiger partial charge in [-0.15, -0.1) is 0 Å². The number of carbonyl (C=O) groups excluding carboxylic acids is 1. The highest BCUT2D eigenvalue weighted by Gasteiger charge is 2.05. The van der Waals surface area contributed by atoms with Gasteiger partial charge in [0.1, 0.15) is 5.82 Å². The van der Waals surface area contributed by atoms with Crippen molar-refractivity contribution in [2.24, 2.45) is 0 Å². The molecule has 0 fully saturated rings. The van der Waals surface area contributed by atoms with E-state index in [4.69, 9.17) is 0 Å². The third kappa shape index (κ3) is 5.90. The van der Waals surface area contributed by atoms with Crippen molar-refractivity contribution in [3.63, 3.8) is 0 Å². The second kappa shape index (κ2) is 9.26. The normalized spacial score (nSPS) is 10.4. The first-order valence-corrected chi connectivity index (χ1v) is 8.57. The molecule has 0 unspecified atom stereocenters. The van der Waals surface area contributed by atoms with Crippen molar-refractivity contribution < 1.29 is 9.18 Å². The third-order valence-electron chi connectivity index (χ3n) is 3.22. The van der Waals surface area contributed by atoms with Gasteiger partial charge in [0.15, 0.2) is 0 Å². The number of anilines is 1. The van der Waals surface area contributed by atoms with Crippen LogP contribution in [-0.4, -0.2) is 17.4 Å². The van der Waals surface area contributed by atoms with Crippen LogP contribution in [-0.2, 0) is 11.2 Å². The van der Waals surface area contributed by atoms with Gasteiger partial charge < -0.3 is 5.32 Å². The van der Waals surface area contributed by atoms with Crippen LogP contribution in [0, 0.1) is 5.82 Å². The van der Waals surface area contributed by atoms with Gasteiger partial charge >= 0.3 is 0 Å². The lowest BCUT2D eigenvalue weighted by molar-refractivity contribution is -0.115. The molecular weight excluding hydrogens is 297 g/mol. The number of para-hydroxylation sites is 1. The van der Waals surface area contributed by atoms with E-state index in [1.165, 1.54) is 11.6 Å². The summed E-state index contributed by atoms with van der Waals surface area (Å²) in [6.07, 6.45) is 2.57. The summed E-state index contributed by atoms with van der Waals surface area (Å²) in [6, 6.07) is 16.6. The smallest absolute Gasteiger partial charge is 0.225 e. The summed E-state index contributed by atoms with van der Waals surface area (Å²) in [5.74, 6) is 1.25. The van der Waals surface area contributed by atoms with Crippen molar-refractivity contribution in [3.05, 3.63) is 66.0 Å². The Bertz CT molecular complexity index is 589. The second-order valence-corrected chi connectivity index (χ2v) is 6.20. The molecule has 0 aliphatic rings. The van der Waals surface area contributed by atoms with Gasteiger partial charge in [-0.1, -0.05) is 42.5 Å². The summed E-state index contributed by atoms with van der Waals surface area (Å²) in [6.45, 7) is 0. The number of hydrogen-bond donors (Lipinski definition) is 1. The van der Waals surface area contributed by atoms with E-state index in [9.17, 15) is 9.18 Å². The molecule has 0 heterocycles. The first-order valence-electron chi connectivity index (χ1n) is 7.42. The van der Waals surface area contributed by atoms with Crippen molar-refractivity contribution in [2.75, 3.05) is 16.8 Å². The summed E-state index contributed by atoms with van der Waals surface area (Å²) in [7, 11) is 0. The van der Waals surface area contributed by atoms with Crippen LogP contribution >= 0.6 is 11.8 Å². The molecule has 1 N–H and O–H groups in total. The summed E-state index contributed by atoms with van der Waals surface area (Å²) in [5, 5.41) is 2.60. The molecule has 0 saturated carbocycles. The first kappa shape index (κ1) is 16.6. The van der Waals surface area contributed by atoms with Crippen LogP contribution in [0.1, 0.15) is 18.4 Å². The van der Waals surface area contributed by atoms with Crippen molar-refractivity contribution >= 4 is 23.4 Å². The molecule has 0 atom stereocenters. The Morgan fingerprint density at radius 1 is 1.00 bits per heavy atom. The van der Waals surface area contributed by atoms with Crippen molar-refractivity contribution in [2.45, 2.75) is 19.3 Å². The number of amides is 1. The number of rotatable bonds is 8. The predicted molar refractivity (Wildman–Crippen MR) is 91.7 cm³/mol. The minimum absolute atomic E-state index is 0.138. The van der Waals surface area contributed by atoms with Gasteiger partial charge in [0, 0.05) is 12.2 Å². The molecule has 2 aromatic rings. The zero-order valence-electron chi connectivity index (χ0n) is 12.4. The summed E-state index contributed by atoms with van der Waals surface area (Å²) in [4.78, 5) is 11.7. The molecule has 2 nitrogen and oxygen atoms in total. The quantitative estimate of drug-likeness (QED) is 0.725.